The third kappa shape index (κ3) is 5.88. The molecule has 1 unspecified atom stereocenters. The molecule has 0 amide bonds. The summed E-state index contributed by atoms with van der Waals surface area (Å²) in [6.45, 7) is 10.6. The molecule has 1 aromatic rings. The van der Waals surface area contributed by atoms with E-state index in [0.717, 1.165) is 0 Å². The minimum absolute atomic E-state index is 0.456. The minimum atomic E-state index is -6.51. The highest BCUT2D eigenvalue weighted by Gasteiger charge is 2.66. The standard InChI is InChI=1S/C18H23F5O5S/c1-15(2,3)11-7-10(8-12(9-11)16(4,5)6)13(24)28-14(17(19,20)21)18(22,23)29(25,26)27/h7-9,14H,1-6H3,(H,25,26,27). The van der Waals surface area contributed by atoms with Crippen LogP contribution >= 0.6 is 0 Å². The molecule has 0 spiro atoms. The second-order valence-electron chi connectivity index (χ2n) is 8.66. The average Bonchev–Trinajstić information content (AvgIpc) is 2.47. The number of carbonyl (C=O) groups is 1. The molecule has 1 aromatic carbocycles. The maximum absolute atomic E-state index is 13.7. The van der Waals surface area contributed by atoms with Crippen LogP contribution in [-0.2, 0) is 25.7 Å². The van der Waals surface area contributed by atoms with Gasteiger partial charge in [-0.3, -0.25) is 4.55 Å². The number of alkyl halides is 5. The Morgan fingerprint density at radius 3 is 1.55 bits per heavy atom. The summed E-state index contributed by atoms with van der Waals surface area (Å²) in [4.78, 5) is 12.3. The molecule has 1 rings (SSSR count). The van der Waals surface area contributed by atoms with Crippen molar-refractivity contribution in [1.82, 2.24) is 0 Å². The lowest BCUT2D eigenvalue weighted by Crippen LogP contribution is -2.52. The van der Waals surface area contributed by atoms with E-state index in [1.165, 1.54) is 12.1 Å². The van der Waals surface area contributed by atoms with Crippen LogP contribution in [-0.4, -0.2) is 36.5 Å². The van der Waals surface area contributed by atoms with Crippen LogP contribution in [0, 0.1) is 0 Å². The fourth-order valence-electron chi connectivity index (χ4n) is 2.25. The van der Waals surface area contributed by atoms with Crippen LogP contribution in [0.3, 0.4) is 0 Å². The number of halogens is 5. The van der Waals surface area contributed by atoms with Crippen molar-refractivity contribution in [3.8, 4) is 0 Å². The first-order chi connectivity index (χ1) is 12.6. The molecule has 5 nitrogen and oxygen atoms in total. The normalized spacial score (nSPS) is 15.2. The lowest BCUT2D eigenvalue weighted by molar-refractivity contribution is -0.248. The quantitative estimate of drug-likeness (QED) is 0.406. The van der Waals surface area contributed by atoms with E-state index >= 15 is 0 Å². The van der Waals surface area contributed by atoms with E-state index in [2.05, 4.69) is 4.74 Å². The second-order valence-corrected chi connectivity index (χ2v) is 10.2. The highest BCUT2D eigenvalue weighted by atomic mass is 32.2. The molecule has 1 N–H and O–H groups in total. The summed E-state index contributed by atoms with van der Waals surface area (Å²) in [5, 5.41) is -5.78. The van der Waals surface area contributed by atoms with Crippen molar-refractivity contribution in [3.63, 3.8) is 0 Å². The fourth-order valence-corrected chi connectivity index (χ4v) is 2.70. The molecule has 0 bridgehead atoms. The molecule has 1 atom stereocenters. The largest absolute Gasteiger partial charge is 0.441 e. The van der Waals surface area contributed by atoms with Crippen molar-refractivity contribution in [1.29, 1.82) is 0 Å². The molecule has 0 aliphatic heterocycles. The maximum Gasteiger partial charge on any atom is 0.432 e. The van der Waals surface area contributed by atoms with Gasteiger partial charge >= 0.3 is 27.5 Å². The number of rotatable bonds is 4. The predicted molar refractivity (Wildman–Crippen MR) is 95.6 cm³/mol. The first-order valence-electron chi connectivity index (χ1n) is 8.37. The number of ether oxygens (including phenoxy) is 1. The zero-order valence-corrected chi connectivity index (χ0v) is 17.5. The van der Waals surface area contributed by atoms with Crippen LogP contribution in [0.25, 0.3) is 0 Å². The van der Waals surface area contributed by atoms with Gasteiger partial charge < -0.3 is 4.74 Å². The number of hydrogen-bond donors (Lipinski definition) is 1. The summed E-state index contributed by atoms with van der Waals surface area (Å²) in [5.41, 5.74) is -0.484. The van der Waals surface area contributed by atoms with E-state index in [-0.39, 0.29) is 0 Å². The van der Waals surface area contributed by atoms with Crippen molar-refractivity contribution >= 4 is 16.1 Å². The molecule has 166 valence electrons. The number of esters is 1. The lowest BCUT2D eigenvalue weighted by Gasteiger charge is -2.28. The average molecular weight is 446 g/mol. The summed E-state index contributed by atoms with van der Waals surface area (Å²) >= 11 is 0. The Morgan fingerprint density at radius 2 is 1.28 bits per heavy atom. The monoisotopic (exact) mass is 446 g/mol. The molecule has 0 aromatic heterocycles. The van der Waals surface area contributed by atoms with Crippen LogP contribution in [0.1, 0.15) is 63.0 Å². The van der Waals surface area contributed by atoms with Crippen molar-refractivity contribution in [2.45, 2.75) is 69.9 Å². The Balaban J connectivity index is 3.53. The maximum atomic E-state index is 13.7. The first-order valence-corrected chi connectivity index (χ1v) is 9.81. The summed E-state index contributed by atoms with van der Waals surface area (Å²) < 4.78 is 100. The molecule has 29 heavy (non-hydrogen) atoms. The molecule has 0 saturated heterocycles. The van der Waals surface area contributed by atoms with Crippen LogP contribution in [0.5, 0.6) is 0 Å². The van der Waals surface area contributed by atoms with E-state index in [0.29, 0.717) is 11.1 Å². The summed E-state index contributed by atoms with van der Waals surface area (Å²) in [7, 11) is -6.51. The Bertz CT molecular complexity index is 845. The lowest BCUT2D eigenvalue weighted by atomic mass is 9.79. The Labute approximate surface area is 166 Å². The summed E-state index contributed by atoms with van der Waals surface area (Å²) in [6.07, 6.45) is -10.3. The van der Waals surface area contributed by atoms with Gasteiger partial charge in [0, 0.05) is 0 Å². The molecule has 0 fully saturated rings. The topological polar surface area (TPSA) is 80.7 Å². The van der Waals surface area contributed by atoms with Gasteiger partial charge in [-0.2, -0.15) is 30.4 Å². The van der Waals surface area contributed by atoms with E-state index in [1.807, 2.05) is 0 Å². The van der Waals surface area contributed by atoms with Crippen LogP contribution in [0.4, 0.5) is 22.0 Å². The van der Waals surface area contributed by atoms with Gasteiger partial charge in [0.2, 0.25) is 0 Å². The first kappa shape index (κ1) is 25.3. The van der Waals surface area contributed by atoms with Crippen LogP contribution < -0.4 is 0 Å². The summed E-state index contributed by atoms with van der Waals surface area (Å²) in [6, 6.07) is 4.11. The highest BCUT2D eigenvalue weighted by molar-refractivity contribution is 7.86. The van der Waals surface area contributed by atoms with Gasteiger partial charge in [0.25, 0.3) is 6.10 Å². The number of carbonyl (C=O) groups excluding carboxylic acids is 1. The van der Waals surface area contributed by atoms with Crippen molar-refractivity contribution in [2.75, 3.05) is 0 Å². The van der Waals surface area contributed by atoms with E-state index < -0.39 is 50.0 Å². The molecule has 0 aliphatic rings. The van der Waals surface area contributed by atoms with E-state index in [9.17, 15) is 35.2 Å². The van der Waals surface area contributed by atoms with Gasteiger partial charge in [-0.25, -0.2) is 4.79 Å². The molecule has 0 radical (unpaired) electrons. The van der Waals surface area contributed by atoms with Gasteiger partial charge in [0.1, 0.15) is 0 Å². The smallest absolute Gasteiger partial charge is 0.432 e. The SMILES string of the molecule is CC(C)(C)c1cc(C(=O)OC(C(F)(F)F)C(F)(F)S(=O)(=O)O)cc(C(C)(C)C)c1. The van der Waals surface area contributed by atoms with E-state index in [4.69, 9.17) is 4.55 Å². The molecule has 0 aliphatic carbocycles. The van der Waals surface area contributed by atoms with Gasteiger partial charge in [-0.05, 0) is 34.1 Å². The predicted octanol–water partition coefficient (Wildman–Crippen LogP) is 4.85. The van der Waals surface area contributed by atoms with Gasteiger partial charge in [-0.15, -0.1) is 0 Å². The molecular weight excluding hydrogens is 423 g/mol. The van der Waals surface area contributed by atoms with Crippen molar-refractivity contribution in [2.24, 2.45) is 0 Å². The minimum Gasteiger partial charge on any atom is -0.441 e. The Kier molecular flexibility index (Phi) is 6.54. The van der Waals surface area contributed by atoms with Gasteiger partial charge in [0.15, 0.2) is 0 Å². The van der Waals surface area contributed by atoms with Crippen molar-refractivity contribution in [3.05, 3.63) is 34.9 Å². The van der Waals surface area contributed by atoms with Crippen LogP contribution in [0.2, 0.25) is 0 Å². The Morgan fingerprint density at radius 1 is 0.897 bits per heavy atom. The second kappa shape index (κ2) is 7.50. The van der Waals surface area contributed by atoms with Gasteiger partial charge in [-0.1, -0.05) is 47.6 Å². The molecular formula is C18H23F5O5S. The number of hydrogen-bond acceptors (Lipinski definition) is 4. The highest BCUT2D eigenvalue weighted by Crippen LogP contribution is 2.39. The zero-order chi connectivity index (χ0) is 23.2. The molecule has 0 saturated carbocycles. The Hall–Kier alpha value is -1.75. The number of benzene rings is 1. The molecule has 0 heterocycles. The fraction of sp³-hybridized carbons (Fsp3) is 0.611. The van der Waals surface area contributed by atoms with Crippen molar-refractivity contribution < 1.29 is 44.5 Å². The van der Waals surface area contributed by atoms with Gasteiger partial charge in [0.05, 0.1) is 5.56 Å². The van der Waals surface area contributed by atoms with E-state index in [1.54, 1.807) is 47.6 Å². The third-order valence-electron chi connectivity index (χ3n) is 4.07. The molecule has 11 heteroatoms. The summed E-state index contributed by atoms with van der Waals surface area (Å²) in [5.74, 6) is -1.80. The third-order valence-corrected chi connectivity index (χ3v) is 4.97. The zero-order valence-electron chi connectivity index (χ0n) is 16.7. The van der Waals surface area contributed by atoms with Crippen LogP contribution in [0.15, 0.2) is 18.2 Å².